The summed E-state index contributed by atoms with van der Waals surface area (Å²) in [7, 11) is 0. The second-order valence-electron chi connectivity index (χ2n) is 3.53. The van der Waals surface area contributed by atoms with E-state index < -0.39 is 6.10 Å². The highest BCUT2D eigenvalue weighted by Gasteiger charge is 2.23. The Morgan fingerprint density at radius 3 is 2.93 bits per heavy atom. The van der Waals surface area contributed by atoms with Gasteiger partial charge < -0.3 is 14.8 Å². The van der Waals surface area contributed by atoms with E-state index in [1.165, 1.54) is 0 Å². The summed E-state index contributed by atoms with van der Waals surface area (Å²) in [6.07, 6.45) is 1.45. The van der Waals surface area contributed by atoms with Gasteiger partial charge >= 0.3 is 0 Å². The topological polar surface area (TPSA) is 47.6 Å². The smallest absolute Gasteiger partial charge is 0.251 e. The minimum absolute atomic E-state index is 0.0532. The van der Waals surface area contributed by atoms with Crippen LogP contribution in [0.15, 0.2) is 0 Å². The molecule has 1 heterocycles. The zero-order chi connectivity index (χ0) is 11.1. The molecule has 1 saturated heterocycles. The van der Waals surface area contributed by atoms with Crippen LogP contribution in [-0.2, 0) is 14.3 Å². The summed E-state index contributed by atoms with van der Waals surface area (Å²) in [6, 6.07) is 0.224. The minimum Gasteiger partial charge on any atom is -0.376 e. The normalized spacial score (nSPS) is 23.5. The summed E-state index contributed by atoms with van der Waals surface area (Å²) in [5.74, 6) is -0.0532. The molecule has 0 spiro atoms. The van der Waals surface area contributed by atoms with E-state index in [-0.39, 0.29) is 11.9 Å². The van der Waals surface area contributed by atoms with Crippen molar-refractivity contribution in [2.75, 3.05) is 25.2 Å². The number of hydrogen-bond acceptors (Lipinski definition) is 3. The van der Waals surface area contributed by atoms with E-state index in [2.05, 4.69) is 28.2 Å². The molecule has 0 aliphatic carbocycles. The maximum Gasteiger partial charge on any atom is 0.251 e. The molecule has 1 aliphatic rings. The third-order valence-corrected chi connectivity index (χ3v) is 2.86. The summed E-state index contributed by atoms with van der Waals surface area (Å²) in [6.45, 7) is 3.53. The minimum atomic E-state index is -0.428. The monoisotopic (exact) mass is 279 g/mol. The zero-order valence-electron chi connectivity index (χ0n) is 9.00. The summed E-state index contributed by atoms with van der Waals surface area (Å²) >= 11 is 3.37. The van der Waals surface area contributed by atoms with Crippen LogP contribution in [0.3, 0.4) is 0 Å². The molecule has 0 aromatic carbocycles. The zero-order valence-corrected chi connectivity index (χ0v) is 10.6. The summed E-state index contributed by atoms with van der Waals surface area (Å²) in [5.41, 5.74) is 0. The van der Waals surface area contributed by atoms with E-state index in [4.69, 9.17) is 9.47 Å². The lowest BCUT2D eigenvalue weighted by Gasteiger charge is -2.24. The van der Waals surface area contributed by atoms with E-state index >= 15 is 0 Å². The predicted molar refractivity (Wildman–Crippen MR) is 61.2 cm³/mol. The number of carbonyl (C=O) groups is 1. The highest BCUT2D eigenvalue weighted by Crippen LogP contribution is 2.04. The van der Waals surface area contributed by atoms with Crippen LogP contribution >= 0.6 is 15.9 Å². The van der Waals surface area contributed by atoms with E-state index in [9.17, 15) is 4.79 Å². The number of ether oxygens (including phenoxy) is 2. The number of nitrogens with one attached hydrogen (secondary N) is 1. The molecular weight excluding hydrogens is 262 g/mol. The highest BCUT2D eigenvalue weighted by molar-refractivity contribution is 9.09. The molecule has 2 unspecified atom stereocenters. The third kappa shape index (κ3) is 4.49. The van der Waals surface area contributed by atoms with Gasteiger partial charge in [-0.2, -0.15) is 0 Å². The predicted octanol–water partition coefficient (Wildman–Crippen LogP) is 1.08. The van der Waals surface area contributed by atoms with Gasteiger partial charge in [-0.25, -0.2) is 0 Å². The van der Waals surface area contributed by atoms with Crippen LogP contribution in [0.25, 0.3) is 0 Å². The van der Waals surface area contributed by atoms with Crippen molar-refractivity contribution < 1.29 is 14.3 Å². The first-order chi connectivity index (χ1) is 7.27. The van der Waals surface area contributed by atoms with Crippen molar-refractivity contribution >= 4 is 21.8 Å². The van der Waals surface area contributed by atoms with Gasteiger partial charge in [0, 0.05) is 11.4 Å². The second kappa shape index (κ2) is 7.19. The molecule has 15 heavy (non-hydrogen) atoms. The van der Waals surface area contributed by atoms with E-state index in [1.54, 1.807) is 0 Å². The summed E-state index contributed by atoms with van der Waals surface area (Å²) < 4.78 is 10.5. The van der Waals surface area contributed by atoms with Crippen molar-refractivity contribution in [2.45, 2.75) is 31.9 Å². The number of rotatable bonds is 5. The first kappa shape index (κ1) is 12.9. The second-order valence-corrected chi connectivity index (χ2v) is 4.32. The molecule has 1 amide bonds. The Bertz CT molecular complexity index is 195. The van der Waals surface area contributed by atoms with Crippen LogP contribution < -0.4 is 5.32 Å². The fourth-order valence-corrected chi connectivity index (χ4v) is 2.00. The lowest BCUT2D eigenvalue weighted by atomic mass is 10.1. The van der Waals surface area contributed by atoms with Gasteiger partial charge in [0.05, 0.1) is 19.8 Å². The van der Waals surface area contributed by atoms with E-state index in [1.807, 2.05) is 0 Å². The van der Waals surface area contributed by atoms with Crippen molar-refractivity contribution in [3.8, 4) is 0 Å². The maximum absolute atomic E-state index is 11.7. The van der Waals surface area contributed by atoms with Crippen LogP contribution in [-0.4, -0.2) is 43.2 Å². The van der Waals surface area contributed by atoms with Crippen molar-refractivity contribution in [1.29, 1.82) is 0 Å². The van der Waals surface area contributed by atoms with Crippen molar-refractivity contribution in [2.24, 2.45) is 0 Å². The molecule has 0 saturated carbocycles. The number of halogens is 1. The Kier molecular flexibility index (Phi) is 6.20. The van der Waals surface area contributed by atoms with Crippen molar-refractivity contribution in [3.05, 3.63) is 0 Å². The van der Waals surface area contributed by atoms with Crippen LogP contribution in [0.1, 0.15) is 19.8 Å². The molecular formula is C10H18BrNO3. The summed E-state index contributed by atoms with van der Waals surface area (Å²) in [4.78, 5) is 11.7. The third-order valence-electron chi connectivity index (χ3n) is 2.41. The molecule has 0 radical (unpaired) electrons. The fourth-order valence-electron chi connectivity index (χ4n) is 1.44. The van der Waals surface area contributed by atoms with Crippen LogP contribution in [0.5, 0.6) is 0 Å². The molecule has 1 rings (SSSR count). The van der Waals surface area contributed by atoms with E-state index in [0.717, 1.165) is 18.2 Å². The van der Waals surface area contributed by atoms with Gasteiger partial charge in [0.1, 0.15) is 0 Å². The van der Waals surface area contributed by atoms with Crippen molar-refractivity contribution in [1.82, 2.24) is 5.32 Å². The molecule has 4 nitrogen and oxygen atoms in total. The van der Waals surface area contributed by atoms with Gasteiger partial charge in [-0.05, 0) is 12.8 Å². The standard InChI is InChI=1S/C10H18BrNO3/c1-2-8(3-4-11)12-10(13)9-7-14-5-6-15-9/h8-9H,2-7H2,1H3,(H,12,13). The first-order valence-electron chi connectivity index (χ1n) is 5.33. The Morgan fingerprint density at radius 1 is 1.60 bits per heavy atom. The number of hydrogen-bond donors (Lipinski definition) is 1. The molecule has 1 N–H and O–H groups in total. The van der Waals surface area contributed by atoms with Gasteiger partial charge in [0.2, 0.25) is 0 Å². The average Bonchev–Trinajstić information content (AvgIpc) is 2.29. The molecule has 0 aromatic heterocycles. The van der Waals surface area contributed by atoms with E-state index in [0.29, 0.717) is 19.8 Å². The van der Waals surface area contributed by atoms with Gasteiger partial charge in [-0.15, -0.1) is 0 Å². The Morgan fingerprint density at radius 2 is 2.40 bits per heavy atom. The number of alkyl halides is 1. The number of amides is 1. The van der Waals surface area contributed by atoms with Crippen molar-refractivity contribution in [3.63, 3.8) is 0 Å². The Balaban J connectivity index is 2.31. The highest BCUT2D eigenvalue weighted by atomic mass is 79.9. The maximum atomic E-state index is 11.7. The average molecular weight is 280 g/mol. The van der Waals surface area contributed by atoms with Crippen LogP contribution in [0.2, 0.25) is 0 Å². The Hall–Kier alpha value is -0.130. The molecule has 0 bridgehead atoms. The molecule has 2 atom stereocenters. The molecule has 1 fully saturated rings. The van der Waals surface area contributed by atoms with Crippen LogP contribution in [0, 0.1) is 0 Å². The summed E-state index contributed by atoms with van der Waals surface area (Å²) in [5, 5.41) is 3.86. The molecule has 5 heteroatoms. The SMILES string of the molecule is CCC(CCBr)NC(=O)C1COCCO1. The molecule has 0 aromatic rings. The first-order valence-corrected chi connectivity index (χ1v) is 6.45. The van der Waals surface area contributed by atoms with Crippen LogP contribution in [0.4, 0.5) is 0 Å². The molecule has 1 aliphatic heterocycles. The van der Waals surface area contributed by atoms with Gasteiger partial charge in [-0.3, -0.25) is 4.79 Å². The quantitative estimate of drug-likeness (QED) is 0.767. The largest absolute Gasteiger partial charge is 0.376 e. The lowest BCUT2D eigenvalue weighted by molar-refractivity contribution is -0.148. The van der Waals surface area contributed by atoms with Gasteiger partial charge in [0.15, 0.2) is 6.10 Å². The fraction of sp³-hybridized carbons (Fsp3) is 0.900. The van der Waals surface area contributed by atoms with Gasteiger partial charge in [-0.1, -0.05) is 22.9 Å². The number of carbonyl (C=O) groups excluding carboxylic acids is 1. The lowest BCUT2D eigenvalue weighted by Crippen LogP contribution is -2.46. The van der Waals surface area contributed by atoms with Gasteiger partial charge in [0.25, 0.3) is 5.91 Å². The molecule has 88 valence electrons. The Labute approximate surface area is 98.8 Å².